The molecule has 4 N–H and O–H groups in total. The summed E-state index contributed by atoms with van der Waals surface area (Å²) < 4.78 is 12.3. The molecule has 2 aliphatic carbocycles. The Kier molecular flexibility index (Phi) is 11.2. The van der Waals surface area contributed by atoms with Crippen LogP contribution in [0.3, 0.4) is 0 Å². The fraction of sp³-hybridized carbons (Fsp3) is 0.575. The third kappa shape index (κ3) is 8.41. The monoisotopic (exact) mass is 776 g/mol. The van der Waals surface area contributed by atoms with Gasteiger partial charge in [-0.3, -0.25) is 19.2 Å². The van der Waals surface area contributed by atoms with E-state index in [1.807, 2.05) is 46.8 Å². The molecule has 1 aromatic carbocycles. The minimum Gasteiger partial charge on any atom is -0.496 e. The summed E-state index contributed by atoms with van der Waals surface area (Å²) in [6.07, 6.45) is 2.57. The molecule has 6 rings (SSSR count). The summed E-state index contributed by atoms with van der Waals surface area (Å²) in [7, 11) is 1.58. The molecule has 296 valence electrons. The zero-order valence-corrected chi connectivity index (χ0v) is 33.6. The summed E-state index contributed by atoms with van der Waals surface area (Å²) in [6, 6.07) is 3.41. The van der Waals surface area contributed by atoms with Crippen LogP contribution in [0.25, 0.3) is 22.3 Å². The molecule has 2 saturated carbocycles. The third-order valence-electron chi connectivity index (χ3n) is 10.9. The smallest absolute Gasteiger partial charge is 0.329 e. The van der Waals surface area contributed by atoms with Crippen LogP contribution >= 0.6 is 11.3 Å². The van der Waals surface area contributed by atoms with Crippen LogP contribution in [0.5, 0.6) is 11.5 Å². The van der Waals surface area contributed by atoms with Gasteiger partial charge in [0, 0.05) is 41.2 Å². The zero-order chi connectivity index (χ0) is 40.0. The van der Waals surface area contributed by atoms with Crippen LogP contribution in [0.1, 0.15) is 85.6 Å². The number of hydrogen-bond acceptors (Lipinski definition) is 10. The van der Waals surface area contributed by atoms with Crippen LogP contribution in [0.2, 0.25) is 0 Å². The van der Waals surface area contributed by atoms with Gasteiger partial charge in [-0.15, -0.1) is 11.3 Å². The Bertz CT molecular complexity index is 2000. The number of nitrogens with zero attached hydrogens (tertiary/aromatic N) is 3. The van der Waals surface area contributed by atoms with Crippen molar-refractivity contribution in [3.63, 3.8) is 0 Å². The average molecular weight is 777 g/mol. The minimum atomic E-state index is -1.39. The number of carboxylic acid groups (broad SMARTS) is 1. The van der Waals surface area contributed by atoms with Gasteiger partial charge in [0.25, 0.3) is 0 Å². The molecule has 5 atom stereocenters. The van der Waals surface area contributed by atoms with Crippen molar-refractivity contribution in [3.05, 3.63) is 29.1 Å². The van der Waals surface area contributed by atoms with Crippen LogP contribution in [-0.2, 0) is 24.0 Å². The fourth-order valence-corrected chi connectivity index (χ4v) is 8.00. The lowest BCUT2D eigenvalue weighted by atomic mass is 9.85. The lowest BCUT2D eigenvalue weighted by Crippen LogP contribution is -2.59. The number of aliphatic carboxylic acids is 1. The van der Waals surface area contributed by atoms with Gasteiger partial charge in [-0.2, -0.15) is 0 Å². The van der Waals surface area contributed by atoms with Gasteiger partial charge in [-0.25, -0.2) is 14.8 Å². The van der Waals surface area contributed by atoms with E-state index < -0.39 is 46.9 Å². The molecular weight excluding hydrogens is 725 g/mol. The molecule has 15 heteroatoms. The van der Waals surface area contributed by atoms with Crippen molar-refractivity contribution < 1.29 is 38.6 Å². The number of pyridine rings is 1. The topological polar surface area (TPSA) is 189 Å². The number of aryl methyl sites for hydroxylation is 1. The van der Waals surface area contributed by atoms with Gasteiger partial charge in [0.2, 0.25) is 23.6 Å². The summed E-state index contributed by atoms with van der Waals surface area (Å²) in [5.74, 6) is -1.57. The highest BCUT2D eigenvalue weighted by Crippen LogP contribution is 2.46. The Hall–Kier alpha value is -4.79. The van der Waals surface area contributed by atoms with Gasteiger partial charge in [-0.1, -0.05) is 48.0 Å². The van der Waals surface area contributed by atoms with Crippen LogP contribution in [0.15, 0.2) is 23.6 Å². The van der Waals surface area contributed by atoms with E-state index in [1.54, 1.807) is 32.4 Å². The number of ether oxygens (including phenoxy) is 2. The summed E-state index contributed by atoms with van der Waals surface area (Å²) in [6.45, 7) is 13.0. The number of nitrogens with one attached hydrogen (secondary N) is 3. The van der Waals surface area contributed by atoms with Gasteiger partial charge in [0.1, 0.15) is 40.9 Å². The highest BCUT2D eigenvalue weighted by molar-refractivity contribution is 7.14. The third-order valence-corrected chi connectivity index (χ3v) is 11.7. The predicted molar refractivity (Wildman–Crippen MR) is 208 cm³/mol. The molecule has 55 heavy (non-hydrogen) atoms. The number of anilines is 1. The maximum absolute atomic E-state index is 14.6. The van der Waals surface area contributed by atoms with Gasteiger partial charge >= 0.3 is 5.97 Å². The Morgan fingerprint density at radius 1 is 1.09 bits per heavy atom. The molecule has 0 radical (unpaired) electrons. The molecule has 0 unspecified atom stereocenters. The van der Waals surface area contributed by atoms with Crippen LogP contribution in [0.4, 0.5) is 5.13 Å². The van der Waals surface area contributed by atoms with E-state index in [9.17, 15) is 29.1 Å². The second-order valence-electron chi connectivity index (χ2n) is 16.5. The minimum absolute atomic E-state index is 0.00957. The molecule has 3 heterocycles. The predicted octanol–water partition coefficient (Wildman–Crippen LogP) is 5.32. The Balaban J connectivity index is 1.35. The number of likely N-dealkylation sites (tertiary alicyclic amines) is 1. The SMILES string of the molecule is CC[C@@H]1C[C@]1(NC(=O)[C@@H]1C[C@@H](Oc2cc(-c3csc(NC(=O)C(C)C)n3)nc3c(C)c(OC)ccc23)CN1C(=O)[C@@H](NC(=O)CC1CC1)C(C)(C)C)C(=O)O. The van der Waals surface area contributed by atoms with Crippen molar-refractivity contribution >= 4 is 57.0 Å². The second-order valence-corrected chi connectivity index (χ2v) is 17.4. The summed E-state index contributed by atoms with van der Waals surface area (Å²) >= 11 is 1.27. The van der Waals surface area contributed by atoms with E-state index in [0.29, 0.717) is 64.1 Å². The van der Waals surface area contributed by atoms with Crippen molar-refractivity contribution in [2.24, 2.45) is 23.2 Å². The first-order valence-corrected chi connectivity index (χ1v) is 19.9. The van der Waals surface area contributed by atoms with Crippen LogP contribution in [-0.4, -0.2) is 87.0 Å². The molecule has 0 spiro atoms. The Morgan fingerprint density at radius 2 is 1.82 bits per heavy atom. The highest BCUT2D eigenvalue weighted by Gasteiger charge is 2.61. The zero-order valence-electron chi connectivity index (χ0n) is 32.8. The number of rotatable bonds is 14. The largest absolute Gasteiger partial charge is 0.496 e. The quantitative estimate of drug-likeness (QED) is 0.167. The molecule has 1 saturated heterocycles. The lowest BCUT2D eigenvalue weighted by molar-refractivity contribution is -0.147. The summed E-state index contributed by atoms with van der Waals surface area (Å²) in [5.41, 5.74) is 0.267. The number of carboxylic acids is 1. The molecule has 2 aromatic heterocycles. The second kappa shape index (κ2) is 15.4. The van der Waals surface area contributed by atoms with Crippen LogP contribution < -0.4 is 25.4 Å². The van der Waals surface area contributed by atoms with E-state index in [2.05, 4.69) is 20.9 Å². The number of fused-ring (bicyclic) bond motifs is 1. The van der Waals surface area contributed by atoms with Gasteiger partial charge in [0.15, 0.2) is 5.13 Å². The van der Waals surface area contributed by atoms with Crippen molar-refractivity contribution in [2.45, 2.75) is 111 Å². The number of amides is 4. The van der Waals surface area contributed by atoms with Crippen molar-refractivity contribution in [1.29, 1.82) is 0 Å². The first-order valence-electron chi connectivity index (χ1n) is 19.0. The first kappa shape index (κ1) is 39.9. The average Bonchev–Trinajstić information content (AvgIpc) is 3.98. The van der Waals surface area contributed by atoms with Crippen LogP contribution in [0, 0.1) is 30.1 Å². The normalized spacial score (nSPS) is 22.6. The van der Waals surface area contributed by atoms with E-state index in [4.69, 9.17) is 14.5 Å². The van der Waals surface area contributed by atoms with Crippen molar-refractivity contribution in [1.82, 2.24) is 25.5 Å². The summed E-state index contributed by atoms with van der Waals surface area (Å²) in [4.78, 5) is 77.6. The molecule has 1 aliphatic heterocycles. The number of aromatic nitrogens is 2. The van der Waals surface area contributed by atoms with E-state index in [-0.39, 0.29) is 36.6 Å². The molecule has 3 aliphatic rings. The number of thiazole rings is 1. The fourth-order valence-electron chi connectivity index (χ4n) is 7.29. The molecule has 0 bridgehead atoms. The maximum Gasteiger partial charge on any atom is 0.329 e. The molecule has 3 aromatic rings. The van der Waals surface area contributed by atoms with Gasteiger partial charge in [-0.05, 0) is 55.6 Å². The number of carbonyl (C=O) groups is 5. The van der Waals surface area contributed by atoms with E-state index in [1.165, 1.54) is 16.2 Å². The molecule has 4 amide bonds. The Morgan fingerprint density at radius 3 is 2.42 bits per heavy atom. The van der Waals surface area contributed by atoms with Gasteiger partial charge < -0.3 is 35.4 Å². The lowest BCUT2D eigenvalue weighted by Gasteiger charge is -2.35. The van der Waals surface area contributed by atoms with Crippen molar-refractivity contribution in [2.75, 3.05) is 19.0 Å². The van der Waals surface area contributed by atoms with Crippen molar-refractivity contribution in [3.8, 4) is 22.9 Å². The van der Waals surface area contributed by atoms with Gasteiger partial charge in [0.05, 0.1) is 24.9 Å². The maximum atomic E-state index is 14.6. The Labute approximate surface area is 325 Å². The molecular formula is C40H52N6O8S. The number of methoxy groups -OCH3 is 1. The standard InChI is InChI=1S/C40H52N6O8S/c1-9-23-17-40(23,37(51)52)45-35(49)28-15-24(18-46(28)36(50)33(39(5,6)7)43-31(47)14-22-10-11-22)54-30-16-26(27-19-55-38(42-27)44-34(48)20(2)3)41-32-21(4)29(53-8)13-12-25(30)32/h12-13,16,19-20,22-24,28,33H,9-11,14-15,17-18H2,1-8H3,(H,43,47)(H,45,49)(H,51,52)(H,42,44,48)/t23-,24-,28+,33-,40-/m1/s1. The number of carbonyl (C=O) groups excluding carboxylic acids is 4. The molecule has 14 nitrogen and oxygen atoms in total. The molecule has 3 fully saturated rings. The van der Waals surface area contributed by atoms with E-state index in [0.717, 1.165) is 18.4 Å². The van der Waals surface area contributed by atoms with E-state index >= 15 is 0 Å². The number of benzene rings is 1. The highest BCUT2D eigenvalue weighted by atomic mass is 32.1. The number of hydrogen-bond donors (Lipinski definition) is 4. The first-order chi connectivity index (χ1) is 25.9. The summed E-state index contributed by atoms with van der Waals surface area (Å²) in [5, 5.41) is 21.6.